The van der Waals surface area contributed by atoms with Crippen LogP contribution in [0.1, 0.15) is 19.2 Å². The normalized spacial score (nSPS) is 12.2. The first-order valence-corrected chi connectivity index (χ1v) is 8.05. The van der Waals surface area contributed by atoms with Crippen LogP contribution < -0.4 is 10.6 Å². The predicted molar refractivity (Wildman–Crippen MR) is 78.9 cm³/mol. The summed E-state index contributed by atoms with van der Waals surface area (Å²) in [5.74, 6) is 2.86. The summed E-state index contributed by atoms with van der Waals surface area (Å²) in [7, 11) is 1.07. The third-order valence-electron chi connectivity index (χ3n) is 2.38. The van der Waals surface area contributed by atoms with Crippen LogP contribution >= 0.6 is 0 Å². The van der Waals surface area contributed by atoms with E-state index in [2.05, 4.69) is 20.6 Å². The molecule has 7 heteroatoms. The molecule has 0 aliphatic carbocycles. The van der Waals surface area contributed by atoms with Crippen molar-refractivity contribution in [1.29, 1.82) is 0 Å². The lowest BCUT2D eigenvalue weighted by atomic mass is 10.4. The Bertz CT molecular complexity index is 415. The Labute approximate surface area is 116 Å². The fraction of sp³-hybridized carbons (Fsp3) is 0.667. The first-order chi connectivity index (χ1) is 9.15. The largest absolute Gasteiger partial charge is 0.374 e. The average molecular weight is 286 g/mol. The monoisotopic (exact) mass is 286 g/mol. The van der Waals surface area contributed by atoms with Gasteiger partial charge < -0.3 is 15.4 Å². The van der Waals surface area contributed by atoms with E-state index in [1.165, 1.54) is 0 Å². The molecular formula is C12H22N4O2S. The molecule has 2 N–H and O–H groups in total. The molecule has 1 rings (SSSR count). The van der Waals surface area contributed by atoms with E-state index in [-0.39, 0.29) is 0 Å². The zero-order valence-electron chi connectivity index (χ0n) is 11.7. The second kappa shape index (κ2) is 8.82. The second-order valence-corrected chi connectivity index (χ2v) is 5.55. The van der Waals surface area contributed by atoms with Gasteiger partial charge in [-0.2, -0.15) is 0 Å². The Hall–Kier alpha value is -1.21. The smallest absolute Gasteiger partial charge is 0.158 e. The highest BCUT2D eigenvalue weighted by Crippen LogP contribution is 2.11. The van der Waals surface area contributed by atoms with E-state index in [0.717, 1.165) is 24.6 Å². The lowest BCUT2D eigenvalue weighted by Crippen LogP contribution is -2.10. The molecule has 0 amide bonds. The minimum Gasteiger partial charge on any atom is -0.374 e. The molecule has 1 unspecified atom stereocenters. The Morgan fingerprint density at radius 3 is 2.74 bits per heavy atom. The number of nitrogens with zero attached hydrogens (tertiary/aromatic N) is 2. The molecule has 108 valence electrons. The molecule has 0 fully saturated rings. The molecule has 0 aliphatic rings. The van der Waals surface area contributed by atoms with Gasteiger partial charge in [-0.05, 0) is 13.3 Å². The summed E-state index contributed by atoms with van der Waals surface area (Å²) in [6.45, 7) is 3.72. The minimum atomic E-state index is -0.743. The molecule has 0 aliphatic heterocycles. The number of hydrogen-bond donors (Lipinski definition) is 2. The average Bonchev–Trinajstić information content (AvgIpc) is 2.41. The van der Waals surface area contributed by atoms with Crippen LogP contribution in [0.2, 0.25) is 0 Å². The first-order valence-electron chi connectivity index (χ1n) is 6.33. The molecule has 0 bridgehead atoms. The highest BCUT2D eigenvalue weighted by atomic mass is 32.2. The molecule has 0 saturated carbocycles. The van der Waals surface area contributed by atoms with Crippen LogP contribution in [-0.2, 0) is 22.1 Å². The van der Waals surface area contributed by atoms with E-state index in [4.69, 9.17) is 4.74 Å². The van der Waals surface area contributed by atoms with Gasteiger partial charge in [0.1, 0.15) is 18.2 Å². The molecule has 1 aromatic rings. The van der Waals surface area contributed by atoms with Crippen molar-refractivity contribution >= 4 is 22.4 Å². The third kappa shape index (κ3) is 6.49. The molecule has 0 saturated heterocycles. The molecule has 0 radical (unpaired) electrons. The highest BCUT2D eigenvalue weighted by molar-refractivity contribution is 7.84. The van der Waals surface area contributed by atoms with Crippen LogP contribution in [0, 0.1) is 0 Å². The Morgan fingerprint density at radius 1 is 1.37 bits per heavy atom. The van der Waals surface area contributed by atoms with Gasteiger partial charge in [0, 0.05) is 49.1 Å². The maximum atomic E-state index is 11.0. The standard InChI is InChI=1S/C12H22N4O2S/c1-4-18-9-12-15-10(13-2)8-11(16-12)14-6-5-7-19(3)17/h8H,4-7,9H2,1-3H3,(H2,13,14,15,16). The number of aromatic nitrogens is 2. The Balaban J connectivity index is 2.57. The van der Waals surface area contributed by atoms with Crippen LogP contribution in [-0.4, -0.2) is 46.4 Å². The molecule has 0 aromatic carbocycles. The van der Waals surface area contributed by atoms with Crippen LogP contribution in [0.3, 0.4) is 0 Å². The van der Waals surface area contributed by atoms with Crippen molar-refractivity contribution in [2.45, 2.75) is 20.0 Å². The van der Waals surface area contributed by atoms with Gasteiger partial charge in [-0.3, -0.25) is 4.21 Å². The van der Waals surface area contributed by atoms with E-state index in [9.17, 15) is 4.21 Å². The summed E-state index contributed by atoms with van der Waals surface area (Å²) in [4.78, 5) is 8.68. The molecule has 1 heterocycles. The maximum Gasteiger partial charge on any atom is 0.158 e. The van der Waals surface area contributed by atoms with Crippen LogP contribution in [0.4, 0.5) is 11.6 Å². The Morgan fingerprint density at radius 2 is 2.11 bits per heavy atom. The zero-order valence-corrected chi connectivity index (χ0v) is 12.5. The van der Waals surface area contributed by atoms with Gasteiger partial charge in [0.15, 0.2) is 5.82 Å². The van der Waals surface area contributed by atoms with Crippen molar-refractivity contribution in [3.63, 3.8) is 0 Å². The Kier molecular flexibility index (Phi) is 7.35. The summed E-state index contributed by atoms with van der Waals surface area (Å²) < 4.78 is 16.3. The third-order valence-corrected chi connectivity index (χ3v) is 3.24. The molecule has 1 atom stereocenters. The van der Waals surface area contributed by atoms with Crippen LogP contribution in [0.5, 0.6) is 0 Å². The number of nitrogens with one attached hydrogen (secondary N) is 2. The van der Waals surface area contributed by atoms with Crippen molar-refractivity contribution in [2.24, 2.45) is 0 Å². The quantitative estimate of drug-likeness (QED) is 0.665. The fourth-order valence-corrected chi connectivity index (χ4v) is 2.02. The number of ether oxygens (including phenoxy) is 1. The summed E-state index contributed by atoms with van der Waals surface area (Å²) in [5, 5.41) is 6.21. The lowest BCUT2D eigenvalue weighted by molar-refractivity contribution is 0.128. The van der Waals surface area contributed by atoms with Crippen molar-refractivity contribution in [2.75, 3.05) is 42.8 Å². The van der Waals surface area contributed by atoms with Crippen molar-refractivity contribution in [1.82, 2.24) is 9.97 Å². The molecule has 19 heavy (non-hydrogen) atoms. The predicted octanol–water partition coefficient (Wildman–Crippen LogP) is 1.24. The summed E-state index contributed by atoms with van der Waals surface area (Å²) >= 11 is 0. The van der Waals surface area contributed by atoms with Crippen LogP contribution in [0.15, 0.2) is 6.07 Å². The van der Waals surface area contributed by atoms with Crippen LogP contribution in [0.25, 0.3) is 0 Å². The maximum absolute atomic E-state index is 11.0. The summed E-state index contributed by atoms with van der Waals surface area (Å²) in [6, 6.07) is 1.85. The number of anilines is 2. The van der Waals surface area contributed by atoms with E-state index in [1.54, 1.807) is 6.26 Å². The second-order valence-electron chi connectivity index (χ2n) is 4.00. The van der Waals surface area contributed by atoms with Gasteiger partial charge in [0.05, 0.1) is 0 Å². The topological polar surface area (TPSA) is 76.1 Å². The molecule has 6 nitrogen and oxygen atoms in total. The number of hydrogen-bond acceptors (Lipinski definition) is 6. The van der Waals surface area contributed by atoms with Gasteiger partial charge in [0.2, 0.25) is 0 Å². The van der Waals surface area contributed by atoms with Gasteiger partial charge in [-0.25, -0.2) is 9.97 Å². The van der Waals surface area contributed by atoms with Crippen molar-refractivity contribution in [3.8, 4) is 0 Å². The molecular weight excluding hydrogens is 264 g/mol. The minimum absolute atomic E-state index is 0.402. The summed E-state index contributed by atoms with van der Waals surface area (Å²) in [5.41, 5.74) is 0. The fourth-order valence-electron chi connectivity index (χ4n) is 1.47. The van der Waals surface area contributed by atoms with Gasteiger partial charge in [-0.15, -0.1) is 0 Å². The summed E-state index contributed by atoms with van der Waals surface area (Å²) in [6.07, 6.45) is 2.56. The highest BCUT2D eigenvalue weighted by Gasteiger charge is 2.04. The van der Waals surface area contributed by atoms with Gasteiger partial charge in [0.25, 0.3) is 0 Å². The van der Waals surface area contributed by atoms with E-state index in [1.807, 2.05) is 20.0 Å². The number of rotatable bonds is 9. The van der Waals surface area contributed by atoms with Crippen molar-refractivity contribution < 1.29 is 8.95 Å². The van der Waals surface area contributed by atoms with E-state index >= 15 is 0 Å². The lowest BCUT2D eigenvalue weighted by Gasteiger charge is -2.09. The van der Waals surface area contributed by atoms with Crippen molar-refractivity contribution in [3.05, 3.63) is 11.9 Å². The van der Waals surface area contributed by atoms with Gasteiger partial charge >= 0.3 is 0 Å². The van der Waals surface area contributed by atoms with E-state index < -0.39 is 10.8 Å². The zero-order chi connectivity index (χ0) is 14.1. The van der Waals surface area contributed by atoms with Gasteiger partial charge in [-0.1, -0.05) is 0 Å². The first kappa shape index (κ1) is 15.8. The molecule has 1 aromatic heterocycles. The van der Waals surface area contributed by atoms with E-state index in [0.29, 0.717) is 24.8 Å². The SMILES string of the molecule is CCOCc1nc(NC)cc(NCCCS(C)=O)n1. The molecule has 0 spiro atoms.